The smallest absolute Gasteiger partial charge is 0.131 e. The summed E-state index contributed by atoms with van der Waals surface area (Å²) in [7, 11) is 1.57. The summed E-state index contributed by atoms with van der Waals surface area (Å²) in [5, 5.41) is 2.15. The van der Waals surface area contributed by atoms with Gasteiger partial charge in [-0.05, 0) is 29.5 Å². The molecular weight excluding hydrogens is 277 g/mol. The molecule has 0 saturated heterocycles. The Kier molecular flexibility index (Phi) is 3.80. The van der Waals surface area contributed by atoms with Crippen molar-refractivity contribution in [1.29, 1.82) is 0 Å². The summed E-state index contributed by atoms with van der Waals surface area (Å²) in [5.74, 6) is 0.382. The van der Waals surface area contributed by atoms with E-state index in [-0.39, 0.29) is 11.7 Å². The summed E-state index contributed by atoms with van der Waals surface area (Å²) in [6.07, 6.45) is 1.81. The van der Waals surface area contributed by atoms with Crippen molar-refractivity contribution in [2.45, 2.75) is 19.8 Å². The lowest BCUT2D eigenvalue weighted by molar-refractivity contribution is 0.402. The van der Waals surface area contributed by atoms with Crippen LogP contribution in [0.1, 0.15) is 25.3 Å². The Morgan fingerprint density at radius 2 is 1.77 bits per heavy atom. The second kappa shape index (κ2) is 5.76. The van der Waals surface area contributed by atoms with E-state index in [1.54, 1.807) is 7.11 Å². The van der Waals surface area contributed by atoms with E-state index >= 15 is 0 Å². The lowest BCUT2D eigenvalue weighted by Gasteiger charge is -2.14. The molecule has 0 N–H and O–H groups in total. The van der Waals surface area contributed by atoms with Crippen molar-refractivity contribution in [2.24, 2.45) is 0 Å². The van der Waals surface area contributed by atoms with Crippen molar-refractivity contribution >= 4 is 10.8 Å². The van der Waals surface area contributed by atoms with Gasteiger partial charge >= 0.3 is 0 Å². The average Bonchev–Trinajstić information content (AvgIpc) is 2.53. The molecule has 0 aliphatic rings. The maximum absolute atomic E-state index is 14.4. The summed E-state index contributed by atoms with van der Waals surface area (Å²) in [4.78, 5) is 4.45. The Bertz CT molecular complexity index is 827. The summed E-state index contributed by atoms with van der Waals surface area (Å²) in [6.45, 7) is 3.91. The number of pyridine rings is 1. The second-order valence-corrected chi connectivity index (χ2v) is 5.65. The molecule has 3 heteroatoms. The Balaban J connectivity index is 2.16. The van der Waals surface area contributed by atoms with Crippen LogP contribution in [0.3, 0.4) is 0 Å². The minimum atomic E-state index is -0.251. The molecule has 0 amide bonds. The fraction of sp³-hybridized carbons (Fsp3) is 0.211. The molecule has 1 aromatic heterocycles. The van der Waals surface area contributed by atoms with Crippen LogP contribution in [0, 0.1) is 5.82 Å². The van der Waals surface area contributed by atoms with E-state index in [0.29, 0.717) is 11.3 Å². The number of rotatable bonds is 3. The Labute approximate surface area is 129 Å². The zero-order valence-corrected chi connectivity index (χ0v) is 12.9. The van der Waals surface area contributed by atoms with Crippen LogP contribution < -0.4 is 4.74 Å². The molecule has 3 aromatic rings. The normalized spacial score (nSPS) is 11.1. The van der Waals surface area contributed by atoms with Crippen LogP contribution >= 0.6 is 0 Å². The van der Waals surface area contributed by atoms with Gasteiger partial charge in [0.05, 0.1) is 12.8 Å². The van der Waals surface area contributed by atoms with E-state index in [2.05, 4.69) is 4.98 Å². The van der Waals surface area contributed by atoms with Gasteiger partial charge in [-0.3, -0.25) is 4.98 Å². The van der Waals surface area contributed by atoms with E-state index in [9.17, 15) is 4.39 Å². The van der Waals surface area contributed by atoms with Crippen LogP contribution in [-0.2, 0) is 0 Å². The monoisotopic (exact) mass is 295 g/mol. The predicted molar refractivity (Wildman–Crippen MR) is 87.8 cm³/mol. The molecule has 0 spiro atoms. The van der Waals surface area contributed by atoms with Gasteiger partial charge in [-0.1, -0.05) is 38.1 Å². The quantitative estimate of drug-likeness (QED) is 0.664. The lowest BCUT2D eigenvalue weighted by Crippen LogP contribution is -1.99. The number of nitrogens with zero attached hydrogens (tertiary/aromatic N) is 1. The number of benzene rings is 2. The standard InChI is InChI=1S/C19H18FNO/c1-12(2)19-16(20)8-15(10-18(19)22-3)17-9-13-6-4-5-7-14(13)11-21-17/h4-12H,1-3H3. The molecule has 22 heavy (non-hydrogen) atoms. The van der Waals surface area contributed by atoms with Crippen molar-refractivity contribution in [3.05, 3.63) is 60.0 Å². The van der Waals surface area contributed by atoms with Crippen LogP contribution in [0.5, 0.6) is 5.75 Å². The molecule has 0 aliphatic heterocycles. The van der Waals surface area contributed by atoms with Crippen LogP contribution in [0.25, 0.3) is 22.0 Å². The van der Waals surface area contributed by atoms with E-state index < -0.39 is 0 Å². The first-order chi connectivity index (χ1) is 10.6. The van der Waals surface area contributed by atoms with Crippen LogP contribution in [0.15, 0.2) is 48.7 Å². The van der Waals surface area contributed by atoms with Gasteiger partial charge in [0.15, 0.2) is 0 Å². The largest absolute Gasteiger partial charge is 0.496 e. The first-order valence-electron chi connectivity index (χ1n) is 7.32. The van der Waals surface area contributed by atoms with Crippen molar-refractivity contribution in [1.82, 2.24) is 4.98 Å². The lowest BCUT2D eigenvalue weighted by atomic mass is 9.98. The number of fused-ring (bicyclic) bond motifs is 1. The molecule has 0 saturated carbocycles. The SMILES string of the molecule is COc1cc(-c2cc3ccccc3cn2)cc(F)c1C(C)C. The number of hydrogen-bond acceptors (Lipinski definition) is 2. The van der Waals surface area contributed by atoms with Crippen LogP contribution in [0.2, 0.25) is 0 Å². The molecule has 0 atom stereocenters. The second-order valence-electron chi connectivity index (χ2n) is 5.65. The molecule has 0 bridgehead atoms. The maximum Gasteiger partial charge on any atom is 0.131 e. The molecule has 112 valence electrons. The number of ether oxygens (including phenoxy) is 1. The molecule has 0 unspecified atom stereocenters. The highest BCUT2D eigenvalue weighted by Crippen LogP contribution is 2.34. The van der Waals surface area contributed by atoms with Gasteiger partial charge in [-0.2, -0.15) is 0 Å². The topological polar surface area (TPSA) is 22.1 Å². The minimum Gasteiger partial charge on any atom is -0.496 e. The van der Waals surface area contributed by atoms with E-state index in [0.717, 1.165) is 22.0 Å². The Morgan fingerprint density at radius 3 is 2.45 bits per heavy atom. The molecule has 1 heterocycles. The van der Waals surface area contributed by atoms with Crippen molar-refractivity contribution < 1.29 is 9.13 Å². The van der Waals surface area contributed by atoms with Gasteiger partial charge in [0.1, 0.15) is 11.6 Å². The average molecular weight is 295 g/mol. The predicted octanol–water partition coefficient (Wildman–Crippen LogP) is 5.17. The molecule has 2 aromatic carbocycles. The van der Waals surface area contributed by atoms with Crippen LogP contribution in [-0.4, -0.2) is 12.1 Å². The summed E-state index contributed by atoms with van der Waals surface area (Å²) >= 11 is 0. The molecule has 3 rings (SSSR count). The van der Waals surface area contributed by atoms with E-state index in [1.807, 2.05) is 56.4 Å². The third kappa shape index (κ3) is 2.54. The van der Waals surface area contributed by atoms with E-state index in [1.165, 1.54) is 6.07 Å². The van der Waals surface area contributed by atoms with Crippen molar-refractivity contribution in [2.75, 3.05) is 7.11 Å². The zero-order chi connectivity index (χ0) is 15.7. The first kappa shape index (κ1) is 14.5. The highest BCUT2D eigenvalue weighted by Gasteiger charge is 2.16. The minimum absolute atomic E-state index is 0.0635. The molecular formula is C19H18FNO. The first-order valence-corrected chi connectivity index (χ1v) is 7.32. The highest BCUT2D eigenvalue weighted by molar-refractivity contribution is 5.85. The summed E-state index contributed by atoms with van der Waals surface area (Å²) in [6, 6.07) is 13.4. The van der Waals surface area contributed by atoms with Gasteiger partial charge in [0.25, 0.3) is 0 Å². The number of methoxy groups -OCH3 is 1. The number of halogens is 1. The fourth-order valence-electron chi connectivity index (χ4n) is 2.71. The number of aromatic nitrogens is 1. The molecule has 0 radical (unpaired) electrons. The van der Waals surface area contributed by atoms with Crippen molar-refractivity contribution in [3.63, 3.8) is 0 Å². The van der Waals surface area contributed by atoms with Gasteiger partial charge in [-0.25, -0.2) is 4.39 Å². The Hall–Kier alpha value is -2.42. The molecule has 0 fully saturated rings. The van der Waals surface area contributed by atoms with Gasteiger partial charge in [0.2, 0.25) is 0 Å². The maximum atomic E-state index is 14.4. The van der Waals surface area contributed by atoms with Gasteiger partial charge < -0.3 is 4.74 Å². The van der Waals surface area contributed by atoms with Gasteiger partial charge in [-0.15, -0.1) is 0 Å². The molecule has 2 nitrogen and oxygen atoms in total. The highest BCUT2D eigenvalue weighted by atomic mass is 19.1. The summed E-state index contributed by atoms with van der Waals surface area (Å²) in [5.41, 5.74) is 2.07. The fourth-order valence-corrected chi connectivity index (χ4v) is 2.71. The number of hydrogen-bond donors (Lipinski definition) is 0. The van der Waals surface area contributed by atoms with Crippen molar-refractivity contribution in [3.8, 4) is 17.0 Å². The van der Waals surface area contributed by atoms with Crippen LogP contribution in [0.4, 0.5) is 4.39 Å². The third-order valence-corrected chi connectivity index (χ3v) is 3.82. The third-order valence-electron chi connectivity index (χ3n) is 3.82. The Morgan fingerprint density at radius 1 is 1.05 bits per heavy atom. The van der Waals surface area contributed by atoms with Gasteiger partial charge in [0, 0.05) is 22.7 Å². The zero-order valence-electron chi connectivity index (χ0n) is 12.9. The van der Waals surface area contributed by atoms with E-state index in [4.69, 9.17) is 4.74 Å². The summed E-state index contributed by atoms with van der Waals surface area (Å²) < 4.78 is 19.8. The molecule has 0 aliphatic carbocycles.